The minimum absolute atomic E-state index is 0.496. The molecule has 4 N–H and O–H groups in total. The van der Waals surface area contributed by atoms with E-state index in [4.69, 9.17) is 23.7 Å². The number of quaternary nitrogens is 1. The Kier molecular flexibility index (Phi) is 6.66. The standard InChI is InChI=1S/C9H11NO2.ClHO4/c10-8(9(11)12)6-7-4-2-1-3-5-7;2-1(3,4)5/h1-5,8H,6,10H2,(H,11,12);(H,2,3,4,5)/t8-;/m0./s1. The Morgan fingerprint density at radius 1 is 1.24 bits per heavy atom. The zero-order valence-electron chi connectivity index (χ0n) is 8.74. The van der Waals surface area contributed by atoms with E-state index in [2.05, 4.69) is 5.73 Å². The first-order valence-electron chi connectivity index (χ1n) is 4.41. The molecule has 0 saturated carbocycles. The van der Waals surface area contributed by atoms with Gasteiger partial charge < -0.3 is 10.8 Å². The summed E-state index contributed by atoms with van der Waals surface area (Å²) in [6, 6.07) is 8.95. The fraction of sp³-hybridized carbons (Fsp3) is 0.222. The molecular weight excluding hydrogens is 254 g/mol. The van der Waals surface area contributed by atoms with Crippen molar-refractivity contribution in [2.75, 3.05) is 0 Å². The van der Waals surface area contributed by atoms with Crippen LogP contribution in [0, 0.1) is 10.2 Å². The summed E-state index contributed by atoms with van der Waals surface area (Å²) in [5.41, 5.74) is 4.55. The van der Waals surface area contributed by atoms with Crippen molar-refractivity contribution in [2.45, 2.75) is 12.5 Å². The molecule has 0 unspecified atom stereocenters. The van der Waals surface area contributed by atoms with E-state index in [0.29, 0.717) is 6.42 Å². The van der Waals surface area contributed by atoms with Gasteiger partial charge in [0.25, 0.3) is 0 Å². The summed E-state index contributed by atoms with van der Waals surface area (Å²) < 4.78 is 34.0. The molecule has 0 fully saturated rings. The van der Waals surface area contributed by atoms with Crippen molar-refractivity contribution >= 4 is 5.97 Å². The van der Waals surface area contributed by atoms with Crippen LogP contribution >= 0.6 is 0 Å². The molecule has 0 amide bonds. The van der Waals surface area contributed by atoms with E-state index in [1.165, 1.54) is 0 Å². The fourth-order valence-electron chi connectivity index (χ4n) is 0.986. The van der Waals surface area contributed by atoms with Crippen LogP contribution in [0.1, 0.15) is 5.56 Å². The average Bonchev–Trinajstić information content (AvgIpc) is 2.16. The Bertz CT molecular complexity index is 333. The van der Waals surface area contributed by atoms with Crippen LogP contribution in [0.3, 0.4) is 0 Å². The van der Waals surface area contributed by atoms with Crippen molar-refractivity contribution in [3.8, 4) is 0 Å². The summed E-state index contributed by atoms with van der Waals surface area (Å²) in [5, 5.41) is 8.58. The highest BCUT2D eigenvalue weighted by molar-refractivity contribution is 5.71. The molecule has 0 spiro atoms. The number of benzene rings is 1. The topological polar surface area (TPSA) is 157 Å². The third-order valence-electron chi connectivity index (χ3n) is 1.67. The van der Waals surface area contributed by atoms with Gasteiger partial charge in [0, 0.05) is 6.42 Å². The predicted molar refractivity (Wildman–Crippen MR) is 44.5 cm³/mol. The van der Waals surface area contributed by atoms with Crippen LogP contribution in [0.4, 0.5) is 0 Å². The van der Waals surface area contributed by atoms with Gasteiger partial charge in [-0.05, 0) is 5.56 Å². The average molecular weight is 266 g/mol. The van der Waals surface area contributed by atoms with Gasteiger partial charge in [-0.15, -0.1) is 10.2 Å². The minimum atomic E-state index is -4.94. The highest BCUT2D eigenvalue weighted by Gasteiger charge is 2.15. The van der Waals surface area contributed by atoms with Crippen molar-refractivity contribution in [3.05, 3.63) is 35.9 Å². The van der Waals surface area contributed by atoms with Gasteiger partial charge in [-0.2, -0.15) is 0 Å². The monoisotopic (exact) mass is 265 g/mol. The minimum Gasteiger partial charge on any atom is -0.477 e. The maximum atomic E-state index is 10.4. The number of hydrogen-bond acceptors (Lipinski definition) is 5. The molecule has 1 atom stereocenters. The van der Waals surface area contributed by atoms with Crippen molar-refractivity contribution < 1.29 is 44.5 Å². The lowest BCUT2D eigenvalue weighted by molar-refractivity contribution is -2.00. The van der Waals surface area contributed by atoms with E-state index < -0.39 is 22.3 Å². The second-order valence-electron chi connectivity index (χ2n) is 3.10. The third kappa shape index (κ3) is 11.1. The van der Waals surface area contributed by atoms with Crippen molar-refractivity contribution in [1.29, 1.82) is 0 Å². The summed E-state index contributed by atoms with van der Waals surface area (Å²) >= 11 is 0. The largest absolute Gasteiger partial charge is 0.477 e. The van der Waals surface area contributed by atoms with Gasteiger partial charge in [0.05, 0.1) is 0 Å². The molecule has 1 aromatic carbocycles. The predicted octanol–water partition coefficient (Wildman–Crippen LogP) is -4.83. The second kappa shape index (κ2) is 7.17. The normalized spacial score (nSPS) is 12.3. The molecule has 0 radical (unpaired) electrons. The summed E-state index contributed by atoms with van der Waals surface area (Å²) in [5.74, 6) is -0.848. The van der Waals surface area contributed by atoms with E-state index >= 15 is 0 Å². The van der Waals surface area contributed by atoms with E-state index in [9.17, 15) is 4.79 Å². The number of rotatable bonds is 3. The molecule has 0 heterocycles. The van der Waals surface area contributed by atoms with Gasteiger partial charge in [0.15, 0.2) is 6.04 Å². The quantitative estimate of drug-likeness (QED) is 0.558. The molecule has 17 heavy (non-hydrogen) atoms. The lowest BCUT2D eigenvalue weighted by Gasteiger charge is -2.17. The molecule has 0 aliphatic rings. The lowest BCUT2D eigenvalue weighted by Crippen LogP contribution is -2.68. The first kappa shape index (κ1) is 15.8. The smallest absolute Gasteiger partial charge is 0.362 e. The summed E-state index contributed by atoms with van der Waals surface area (Å²) in [6.07, 6.45) is 0.496. The summed E-state index contributed by atoms with van der Waals surface area (Å²) in [6.45, 7) is 0. The molecule has 0 saturated heterocycles. The maximum Gasteiger partial charge on any atom is 0.362 e. The molecular formula is C9H12ClNO6. The number of aliphatic carboxylic acids is 1. The first-order valence-corrected chi connectivity index (χ1v) is 5.65. The van der Waals surface area contributed by atoms with E-state index in [1.54, 1.807) is 0 Å². The highest BCUT2D eigenvalue weighted by atomic mass is 35.7. The Morgan fingerprint density at radius 2 is 1.65 bits per heavy atom. The van der Waals surface area contributed by atoms with Gasteiger partial charge >= 0.3 is 5.97 Å². The third-order valence-corrected chi connectivity index (χ3v) is 1.67. The Morgan fingerprint density at radius 3 is 2.00 bits per heavy atom. The van der Waals surface area contributed by atoms with E-state index in [0.717, 1.165) is 5.56 Å². The Balaban J connectivity index is 0.000000437. The molecule has 1 aromatic rings. The molecule has 0 aliphatic heterocycles. The van der Waals surface area contributed by atoms with Crippen LogP contribution in [-0.2, 0) is 11.2 Å². The first-order chi connectivity index (χ1) is 7.70. The van der Waals surface area contributed by atoms with Crippen molar-refractivity contribution in [2.24, 2.45) is 0 Å². The van der Waals surface area contributed by atoms with Crippen molar-refractivity contribution in [1.82, 2.24) is 0 Å². The van der Waals surface area contributed by atoms with E-state index in [-0.39, 0.29) is 0 Å². The maximum absolute atomic E-state index is 10.4. The number of halogens is 1. The van der Waals surface area contributed by atoms with Crippen LogP contribution in [-0.4, -0.2) is 17.1 Å². The van der Waals surface area contributed by atoms with Crippen LogP contribution in [0.5, 0.6) is 0 Å². The van der Waals surface area contributed by atoms with Crippen LogP contribution in [0.2, 0.25) is 0 Å². The van der Waals surface area contributed by atoms with Gasteiger partial charge in [-0.1, -0.05) is 30.3 Å². The number of carboxylic acid groups (broad SMARTS) is 1. The van der Waals surface area contributed by atoms with Gasteiger partial charge in [0.1, 0.15) is 0 Å². The Labute approximate surface area is 99.5 Å². The molecule has 0 aliphatic carbocycles. The fourth-order valence-corrected chi connectivity index (χ4v) is 0.986. The van der Waals surface area contributed by atoms with Crippen LogP contribution in [0.15, 0.2) is 30.3 Å². The highest BCUT2D eigenvalue weighted by Crippen LogP contribution is 2.00. The van der Waals surface area contributed by atoms with Crippen LogP contribution < -0.4 is 24.4 Å². The van der Waals surface area contributed by atoms with Gasteiger partial charge in [-0.3, -0.25) is 0 Å². The van der Waals surface area contributed by atoms with Crippen LogP contribution in [0.25, 0.3) is 0 Å². The second-order valence-corrected chi connectivity index (χ2v) is 3.86. The zero-order valence-corrected chi connectivity index (χ0v) is 9.50. The molecule has 96 valence electrons. The van der Waals surface area contributed by atoms with Crippen molar-refractivity contribution in [3.63, 3.8) is 0 Å². The molecule has 0 bridgehead atoms. The molecule has 0 aromatic heterocycles. The zero-order chi connectivity index (χ0) is 13.5. The SMILES string of the molecule is [NH3+][C@@H](Cc1ccccc1)C(=O)O.[O-][Cl+3]([O-])([O-])[O-]. The van der Waals surface area contributed by atoms with Gasteiger partial charge in [-0.25, -0.2) is 23.4 Å². The van der Waals surface area contributed by atoms with Gasteiger partial charge in [0.2, 0.25) is 0 Å². The molecule has 8 heteroatoms. The number of hydrogen-bond donors (Lipinski definition) is 2. The van der Waals surface area contributed by atoms with E-state index in [1.807, 2.05) is 30.3 Å². The molecule has 1 rings (SSSR count). The number of carboxylic acids is 1. The Hall–Kier alpha value is -1.22. The lowest BCUT2D eigenvalue weighted by atomic mass is 10.1. The summed E-state index contributed by atoms with van der Waals surface area (Å²) in [7, 11) is -4.94. The number of carbonyl (C=O) groups is 1. The molecule has 7 nitrogen and oxygen atoms in total. The summed E-state index contributed by atoms with van der Waals surface area (Å²) in [4.78, 5) is 10.4.